The molecule has 4 aliphatic carbocycles. The van der Waals surface area contributed by atoms with E-state index in [2.05, 4.69) is 19.9 Å². The second-order valence-electron chi connectivity index (χ2n) is 10.6. The molecule has 5 rings (SSSR count). The average molecular weight is 415 g/mol. The number of hydrogen-bond donors (Lipinski definition) is 2. The van der Waals surface area contributed by atoms with E-state index in [9.17, 15) is 15.0 Å². The van der Waals surface area contributed by atoms with Crippen LogP contribution in [-0.2, 0) is 15.1 Å². The Balaban J connectivity index is 1.47. The Morgan fingerprint density at radius 2 is 1.97 bits per heavy atom. The summed E-state index contributed by atoms with van der Waals surface area (Å²) in [5.41, 5.74) is -0.182. The summed E-state index contributed by atoms with van der Waals surface area (Å²) in [6, 6.07) is 1.85. The first-order chi connectivity index (χ1) is 14.3. The average Bonchev–Trinajstić information content (AvgIpc) is 3.34. The summed E-state index contributed by atoms with van der Waals surface area (Å²) in [6.07, 6.45) is 13.3. The van der Waals surface area contributed by atoms with Crippen LogP contribution in [0.5, 0.6) is 0 Å². The van der Waals surface area contributed by atoms with Crippen molar-refractivity contribution >= 4 is 6.29 Å². The lowest BCUT2D eigenvalue weighted by atomic mass is 9.44. The summed E-state index contributed by atoms with van der Waals surface area (Å²) in [5, 5.41) is 24.0. The van der Waals surface area contributed by atoms with Gasteiger partial charge in [0.25, 0.3) is 0 Å². The molecule has 0 aliphatic heterocycles. The third kappa shape index (κ3) is 2.49. The molecular formula is C25H34O5. The van der Waals surface area contributed by atoms with E-state index in [-0.39, 0.29) is 24.0 Å². The molecule has 5 heteroatoms. The Morgan fingerprint density at radius 1 is 1.13 bits per heavy atom. The fourth-order valence-corrected chi connectivity index (χ4v) is 7.94. The van der Waals surface area contributed by atoms with E-state index in [1.165, 1.54) is 5.57 Å². The first-order valence-electron chi connectivity index (χ1n) is 11.5. The van der Waals surface area contributed by atoms with E-state index in [0.29, 0.717) is 18.8 Å². The molecule has 0 saturated heterocycles. The Kier molecular flexibility index (Phi) is 4.63. The third-order valence-corrected chi connectivity index (χ3v) is 9.78. The van der Waals surface area contributed by atoms with Crippen molar-refractivity contribution in [1.29, 1.82) is 0 Å². The summed E-state index contributed by atoms with van der Waals surface area (Å²) in [6.45, 7) is 4.62. The van der Waals surface area contributed by atoms with Crippen molar-refractivity contribution in [3.63, 3.8) is 0 Å². The van der Waals surface area contributed by atoms with Gasteiger partial charge in [-0.25, -0.2) is 0 Å². The van der Waals surface area contributed by atoms with Crippen LogP contribution in [-0.4, -0.2) is 34.8 Å². The van der Waals surface area contributed by atoms with Crippen LogP contribution in [0.4, 0.5) is 0 Å². The van der Waals surface area contributed by atoms with Gasteiger partial charge in [0.15, 0.2) is 0 Å². The summed E-state index contributed by atoms with van der Waals surface area (Å²) in [5.74, 6) is 0.598. The van der Waals surface area contributed by atoms with Crippen molar-refractivity contribution in [2.45, 2.75) is 82.5 Å². The first kappa shape index (κ1) is 20.5. The summed E-state index contributed by atoms with van der Waals surface area (Å²) >= 11 is 0. The number of aliphatic hydroxyl groups is 2. The van der Waals surface area contributed by atoms with Gasteiger partial charge in [0, 0.05) is 11.0 Å². The van der Waals surface area contributed by atoms with Gasteiger partial charge >= 0.3 is 0 Å². The molecule has 3 saturated carbocycles. The van der Waals surface area contributed by atoms with Crippen molar-refractivity contribution in [1.82, 2.24) is 0 Å². The lowest BCUT2D eigenvalue weighted by Crippen LogP contribution is -2.63. The molecule has 4 aliphatic rings. The molecule has 1 aromatic heterocycles. The maximum absolute atomic E-state index is 12.2. The topological polar surface area (TPSA) is 79.9 Å². The van der Waals surface area contributed by atoms with Gasteiger partial charge in [0.05, 0.1) is 24.2 Å². The number of rotatable bonds is 4. The molecule has 0 unspecified atom stereocenters. The summed E-state index contributed by atoms with van der Waals surface area (Å²) in [7, 11) is 0. The highest BCUT2D eigenvalue weighted by Crippen LogP contribution is 2.71. The lowest BCUT2D eigenvalue weighted by molar-refractivity contribution is -0.222. The van der Waals surface area contributed by atoms with Crippen molar-refractivity contribution in [3.8, 4) is 0 Å². The van der Waals surface area contributed by atoms with Crippen LogP contribution >= 0.6 is 0 Å². The Labute approximate surface area is 178 Å². The highest BCUT2D eigenvalue weighted by molar-refractivity contribution is 5.50. The van der Waals surface area contributed by atoms with Crippen molar-refractivity contribution < 1.29 is 24.2 Å². The van der Waals surface area contributed by atoms with E-state index in [4.69, 9.17) is 9.15 Å². The molecule has 1 aromatic rings. The molecule has 30 heavy (non-hydrogen) atoms. The van der Waals surface area contributed by atoms with Gasteiger partial charge in [-0.1, -0.05) is 25.5 Å². The fraction of sp³-hybridized carbons (Fsp3) is 0.720. The molecule has 0 spiro atoms. The van der Waals surface area contributed by atoms with Crippen LogP contribution in [0.15, 0.2) is 34.7 Å². The maximum Gasteiger partial charge on any atom is 0.145 e. The number of furan rings is 1. The van der Waals surface area contributed by atoms with Crippen LogP contribution in [0.25, 0.3) is 0 Å². The minimum absolute atomic E-state index is 0.0319. The molecule has 2 N–H and O–H groups in total. The largest absolute Gasteiger partial charge is 0.472 e. The van der Waals surface area contributed by atoms with Crippen LogP contribution < -0.4 is 0 Å². The van der Waals surface area contributed by atoms with Crippen molar-refractivity contribution in [2.75, 3.05) is 6.61 Å². The number of hydrogen-bond acceptors (Lipinski definition) is 5. The number of fused-ring (bicyclic) bond motifs is 5. The van der Waals surface area contributed by atoms with Crippen LogP contribution in [0.1, 0.15) is 70.8 Å². The Morgan fingerprint density at radius 3 is 2.70 bits per heavy atom. The van der Waals surface area contributed by atoms with Gasteiger partial charge in [-0.05, 0) is 74.7 Å². The zero-order valence-corrected chi connectivity index (χ0v) is 18.1. The lowest BCUT2D eigenvalue weighted by Gasteiger charge is -2.62. The van der Waals surface area contributed by atoms with E-state index in [1.807, 2.05) is 6.07 Å². The first-order valence-corrected chi connectivity index (χ1v) is 11.5. The van der Waals surface area contributed by atoms with Gasteiger partial charge in [-0.3, -0.25) is 0 Å². The predicted molar refractivity (Wildman–Crippen MR) is 112 cm³/mol. The van der Waals surface area contributed by atoms with Crippen LogP contribution in [0.2, 0.25) is 0 Å². The normalized spacial score (nSPS) is 47.7. The van der Waals surface area contributed by atoms with E-state index < -0.39 is 16.6 Å². The third-order valence-electron chi connectivity index (χ3n) is 9.78. The molecule has 0 radical (unpaired) electrons. The number of allylic oxidation sites excluding steroid dienone is 1. The highest BCUT2D eigenvalue weighted by atomic mass is 16.5. The van der Waals surface area contributed by atoms with E-state index in [0.717, 1.165) is 50.4 Å². The molecule has 0 bridgehead atoms. The second-order valence-corrected chi connectivity index (χ2v) is 10.6. The number of carbonyl (C=O) groups is 1. The standard InChI is InChI=1S/C25H34O5/c1-22-8-5-19(30-14-12-26)15-17(22)3-4-21-20(22)6-9-23(2)24(27,10-11-25(21,23)28)18-7-13-29-16-18/h7,12-13,15-16,19-21,27-28H,3-6,8-11,14H2,1-2H3/t19-,20-,21+,22-,23+,24-,25-/m0/s1. The SMILES string of the molecule is C[C@]12CC[C@H]3[C@@H](CCC4=C[C@@H](OCC=O)CC[C@@]43C)[C@@]1(O)CC[C@]2(O)c1ccoc1. The monoisotopic (exact) mass is 414 g/mol. The molecule has 3 fully saturated rings. The maximum atomic E-state index is 12.2. The van der Waals surface area contributed by atoms with Crippen molar-refractivity contribution in [2.24, 2.45) is 22.7 Å². The van der Waals surface area contributed by atoms with Crippen LogP contribution in [0.3, 0.4) is 0 Å². The minimum Gasteiger partial charge on any atom is -0.472 e. The zero-order valence-electron chi connectivity index (χ0n) is 18.1. The smallest absolute Gasteiger partial charge is 0.145 e. The quantitative estimate of drug-likeness (QED) is 0.572. The molecule has 0 amide bonds. The Hall–Kier alpha value is -1.43. The zero-order chi connectivity index (χ0) is 21.2. The molecule has 7 atom stereocenters. The van der Waals surface area contributed by atoms with Gasteiger partial charge in [-0.15, -0.1) is 0 Å². The van der Waals surface area contributed by atoms with Gasteiger partial charge in [0.1, 0.15) is 18.5 Å². The van der Waals surface area contributed by atoms with Gasteiger partial charge in [-0.2, -0.15) is 0 Å². The summed E-state index contributed by atoms with van der Waals surface area (Å²) < 4.78 is 11.0. The Bertz CT molecular complexity index is 846. The van der Waals surface area contributed by atoms with Gasteiger partial charge in [0.2, 0.25) is 0 Å². The predicted octanol–water partition coefficient (Wildman–Crippen LogP) is 4.13. The van der Waals surface area contributed by atoms with Crippen LogP contribution in [0, 0.1) is 22.7 Å². The molecule has 1 heterocycles. The number of ether oxygens (including phenoxy) is 1. The highest BCUT2D eigenvalue weighted by Gasteiger charge is 2.71. The molecule has 5 nitrogen and oxygen atoms in total. The fourth-order valence-electron chi connectivity index (χ4n) is 7.94. The molecular weight excluding hydrogens is 380 g/mol. The summed E-state index contributed by atoms with van der Waals surface area (Å²) in [4.78, 5) is 10.7. The molecule has 164 valence electrons. The van der Waals surface area contributed by atoms with Crippen molar-refractivity contribution in [3.05, 3.63) is 35.8 Å². The minimum atomic E-state index is -1.04. The van der Waals surface area contributed by atoms with E-state index in [1.54, 1.807) is 12.5 Å². The number of carbonyl (C=O) groups excluding carboxylic acids is 1. The number of aldehydes is 1. The second kappa shape index (κ2) is 6.78. The van der Waals surface area contributed by atoms with Gasteiger partial charge < -0.3 is 24.2 Å². The molecule has 0 aromatic carbocycles. The van der Waals surface area contributed by atoms with E-state index >= 15 is 0 Å².